The molecule has 2 aromatic rings. The smallest absolute Gasteiger partial charge is 0.335 e. The second-order valence-corrected chi connectivity index (χ2v) is 9.91. The van der Waals surface area contributed by atoms with Gasteiger partial charge in [0.2, 0.25) is 6.29 Å². The fraction of sp³-hybridized carbons (Fsp3) is 0.444. The molecule has 12 N–H and O–H groups in total. The number of carboxylic acid groups (broad SMARTS) is 2. The Morgan fingerprint density at radius 1 is 1.00 bits per heavy atom. The maximum atomic E-state index is 12.6. The molecule has 0 radical (unpaired) electrons. The first-order valence-corrected chi connectivity index (χ1v) is 13.0. The topological polar surface area (TPSA) is 293 Å². The van der Waals surface area contributed by atoms with Crippen molar-refractivity contribution in [2.45, 2.75) is 68.2 Å². The summed E-state index contributed by atoms with van der Waals surface area (Å²) in [6, 6.07) is 7.47. The van der Waals surface area contributed by atoms with Gasteiger partial charge in [0.05, 0.1) is 12.5 Å². The molecule has 1 fully saturated rings. The van der Waals surface area contributed by atoms with Gasteiger partial charge in [0.15, 0.2) is 11.9 Å². The van der Waals surface area contributed by atoms with E-state index in [1.165, 1.54) is 18.2 Å². The maximum Gasteiger partial charge on any atom is 0.335 e. The third kappa shape index (κ3) is 8.90. The Labute approximate surface area is 256 Å². The van der Waals surface area contributed by atoms with Crippen LogP contribution in [0.25, 0.3) is 0 Å². The van der Waals surface area contributed by atoms with Gasteiger partial charge < -0.3 is 66.5 Å². The molecule has 3 unspecified atom stereocenters. The number of ketones is 1. The van der Waals surface area contributed by atoms with E-state index in [0.717, 1.165) is 6.07 Å². The largest absolute Gasteiger partial charge is 0.508 e. The highest BCUT2D eigenvalue weighted by Gasteiger charge is 2.48. The number of phenols is 2. The average Bonchev–Trinajstić information content (AvgIpc) is 2.95. The molecule has 8 atom stereocenters. The number of rotatable bonds is 9. The Bertz CT molecular complexity index is 1300. The molecule has 0 spiro atoms. The number of aromatic hydroxyl groups is 2. The number of hydrogen-bond donors (Lipinski definition) is 10. The van der Waals surface area contributed by atoms with E-state index < -0.39 is 72.4 Å². The molecule has 2 heterocycles. The van der Waals surface area contributed by atoms with Gasteiger partial charge in [-0.3, -0.25) is 9.59 Å². The Kier molecular flexibility index (Phi) is 13.1. The van der Waals surface area contributed by atoms with E-state index in [-0.39, 0.29) is 54.6 Å². The van der Waals surface area contributed by atoms with Crippen LogP contribution >= 0.6 is 12.4 Å². The van der Waals surface area contributed by atoms with E-state index >= 15 is 0 Å². The van der Waals surface area contributed by atoms with Crippen molar-refractivity contribution < 1.29 is 69.4 Å². The highest BCUT2D eigenvalue weighted by molar-refractivity contribution is 6.02. The number of carbonyl (C=O) groups excluding carboxylic acids is 1. The first kappa shape index (κ1) is 36.5. The number of carboxylic acids is 2. The molecular formula is C27H35ClN2O14. The van der Waals surface area contributed by atoms with Crippen molar-refractivity contribution in [1.29, 1.82) is 0 Å². The molecule has 2 aliphatic heterocycles. The third-order valence-corrected chi connectivity index (χ3v) is 6.70. The lowest BCUT2D eigenvalue weighted by molar-refractivity contribution is -0.271. The van der Waals surface area contributed by atoms with Crippen LogP contribution < -0.4 is 20.9 Å². The Morgan fingerprint density at radius 2 is 1.64 bits per heavy atom. The Morgan fingerprint density at radius 3 is 2.20 bits per heavy atom. The van der Waals surface area contributed by atoms with Crippen LogP contribution in [0.5, 0.6) is 23.0 Å². The molecule has 17 heteroatoms. The molecule has 2 aliphatic rings. The lowest BCUT2D eigenvalue weighted by Gasteiger charge is -2.38. The summed E-state index contributed by atoms with van der Waals surface area (Å²) in [6.07, 6.45) is -9.90. The highest BCUT2D eigenvalue weighted by Crippen LogP contribution is 2.42. The number of aliphatic hydroxyl groups excluding tert-OH is 4. The number of Topliss-reactive ketones (excluding diaryl/α,β-unsaturated/α-hetero) is 1. The van der Waals surface area contributed by atoms with Crippen LogP contribution in [0, 0.1) is 0 Å². The van der Waals surface area contributed by atoms with Gasteiger partial charge in [0, 0.05) is 18.7 Å². The van der Waals surface area contributed by atoms with Crippen LogP contribution in [0.4, 0.5) is 0 Å². The first-order chi connectivity index (χ1) is 20.2. The van der Waals surface area contributed by atoms with Crippen LogP contribution in [-0.4, -0.2) is 108 Å². The number of hydrogen-bond acceptors (Lipinski definition) is 14. The monoisotopic (exact) mass is 646 g/mol. The number of phenolic OH excluding ortho intramolecular Hbond substituents is 2. The number of aliphatic hydroxyl groups is 4. The molecule has 4 rings (SSSR count). The Hall–Kier alpha value is -3.74. The molecule has 0 saturated carbocycles. The van der Waals surface area contributed by atoms with Crippen molar-refractivity contribution >= 4 is 30.1 Å². The second kappa shape index (κ2) is 15.8. The number of benzene rings is 2. The number of ether oxygens (including phenoxy) is 3. The van der Waals surface area contributed by atoms with Crippen molar-refractivity contribution in [3.05, 3.63) is 47.5 Å². The molecule has 0 aromatic heterocycles. The number of halogens is 1. The molecular weight excluding hydrogens is 612 g/mol. The summed E-state index contributed by atoms with van der Waals surface area (Å²) in [7, 11) is 0. The minimum absolute atomic E-state index is 0. The third-order valence-electron chi connectivity index (χ3n) is 6.70. The van der Waals surface area contributed by atoms with Gasteiger partial charge >= 0.3 is 11.9 Å². The van der Waals surface area contributed by atoms with E-state index in [2.05, 4.69) is 0 Å². The van der Waals surface area contributed by atoms with E-state index in [9.17, 15) is 39.9 Å². The number of aliphatic carboxylic acids is 2. The molecule has 0 amide bonds. The molecule has 2 aromatic carbocycles. The van der Waals surface area contributed by atoms with Crippen LogP contribution in [-0.2, 0) is 14.3 Å². The zero-order chi connectivity index (χ0) is 32.0. The van der Waals surface area contributed by atoms with Gasteiger partial charge in [-0.1, -0.05) is 12.1 Å². The molecule has 0 aliphatic carbocycles. The second-order valence-electron chi connectivity index (χ2n) is 9.91. The van der Waals surface area contributed by atoms with Gasteiger partial charge in [-0.05, 0) is 30.5 Å². The zero-order valence-corrected chi connectivity index (χ0v) is 23.8. The van der Waals surface area contributed by atoms with Crippen molar-refractivity contribution in [2.24, 2.45) is 11.5 Å². The van der Waals surface area contributed by atoms with E-state index in [4.69, 9.17) is 41.0 Å². The summed E-state index contributed by atoms with van der Waals surface area (Å²) in [5.74, 6) is -3.60. The summed E-state index contributed by atoms with van der Waals surface area (Å²) in [5, 5.41) is 75.9. The summed E-state index contributed by atoms with van der Waals surface area (Å²) in [6.45, 7) is 0.145. The number of fused-ring (bicyclic) bond motifs is 1. The van der Waals surface area contributed by atoms with Crippen LogP contribution in [0.2, 0.25) is 0 Å². The van der Waals surface area contributed by atoms with Crippen LogP contribution in [0.3, 0.4) is 0 Å². The molecule has 16 nitrogen and oxygen atoms in total. The summed E-state index contributed by atoms with van der Waals surface area (Å²) >= 11 is 0. The van der Waals surface area contributed by atoms with Gasteiger partial charge in [-0.15, -0.1) is 12.4 Å². The summed E-state index contributed by atoms with van der Waals surface area (Å²) in [4.78, 5) is 34.0. The van der Waals surface area contributed by atoms with Crippen LogP contribution in [0.1, 0.15) is 41.3 Å². The zero-order valence-electron chi connectivity index (χ0n) is 23.0. The predicted molar refractivity (Wildman–Crippen MR) is 151 cm³/mol. The quantitative estimate of drug-likeness (QED) is 0.156. The van der Waals surface area contributed by atoms with E-state index in [1.54, 1.807) is 12.1 Å². The highest BCUT2D eigenvalue weighted by atomic mass is 35.5. The summed E-state index contributed by atoms with van der Waals surface area (Å²) < 4.78 is 16.3. The van der Waals surface area contributed by atoms with Gasteiger partial charge in [-0.2, -0.15) is 0 Å². The van der Waals surface area contributed by atoms with Crippen molar-refractivity contribution in [1.82, 2.24) is 0 Å². The van der Waals surface area contributed by atoms with Gasteiger partial charge in [0.1, 0.15) is 59.0 Å². The van der Waals surface area contributed by atoms with Crippen LogP contribution in [0.15, 0.2) is 36.4 Å². The number of carbonyl (C=O) groups is 3. The molecule has 0 bridgehead atoms. The molecule has 44 heavy (non-hydrogen) atoms. The normalized spacial score (nSPS) is 25.5. The Balaban J connectivity index is 0.000000483. The lowest BCUT2D eigenvalue weighted by Crippen LogP contribution is -2.61. The maximum absolute atomic E-state index is 12.6. The predicted octanol–water partition coefficient (Wildman–Crippen LogP) is -1.00. The van der Waals surface area contributed by atoms with Crippen molar-refractivity contribution in [3.8, 4) is 23.0 Å². The first-order valence-electron chi connectivity index (χ1n) is 13.0. The van der Waals surface area contributed by atoms with E-state index in [1.807, 2.05) is 0 Å². The minimum Gasteiger partial charge on any atom is -0.508 e. The SMILES string of the molecule is Cl.NCC(O)CCC(N)C(=O)O.O=C1CC(c2ccc(O)cc2)Oc2cc(O[C@@H]3O[C@H](C(=O)O)[C@@H](O)[C@H](O)[C@H]3O)cc(O)c21. The number of nitrogens with two attached hydrogens (primary N) is 2. The fourth-order valence-corrected chi connectivity index (χ4v) is 4.25. The van der Waals surface area contributed by atoms with Crippen molar-refractivity contribution in [3.63, 3.8) is 0 Å². The van der Waals surface area contributed by atoms with Crippen molar-refractivity contribution in [2.75, 3.05) is 6.54 Å². The minimum atomic E-state index is -1.88. The van der Waals surface area contributed by atoms with Gasteiger partial charge in [-0.25, -0.2) is 4.79 Å². The standard InChI is InChI=1S/C21H20O11.C6H14N2O3.ClH/c22-9-3-1-8(2-4-9)13-7-12(24)15-11(23)5-10(6-14(15)31-13)30-21-18(27)16(25)17(26)19(32-21)20(28)29;7-3-4(9)1-2-5(8)6(10)11;/h1-6,13,16-19,21-23,25-27H,7H2,(H,28,29);4-5,9H,1-3,7-8H2,(H,10,11);1H/t13?,16-,17-,18+,19-,21+;;/m0../s1. The fourth-order valence-electron chi connectivity index (χ4n) is 4.25. The lowest BCUT2D eigenvalue weighted by atomic mass is 9.95. The van der Waals surface area contributed by atoms with Gasteiger partial charge in [0.25, 0.3) is 0 Å². The molecule has 1 saturated heterocycles. The average molecular weight is 647 g/mol. The van der Waals surface area contributed by atoms with E-state index in [0.29, 0.717) is 12.0 Å². The summed E-state index contributed by atoms with van der Waals surface area (Å²) in [5.41, 5.74) is 10.8. The molecule has 244 valence electrons.